The molecule has 2 fully saturated rings. The molecular formula is C19H21BrN2O3. The summed E-state index contributed by atoms with van der Waals surface area (Å²) in [5, 5.41) is 14.7. The van der Waals surface area contributed by atoms with Crippen LogP contribution >= 0.6 is 15.9 Å². The van der Waals surface area contributed by atoms with E-state index in [1.165, 1.54) is 0 Å². The molecular weight excluding hydrogens is 384 g/mol. The molecule has 3 N–H and O–H groups in total. The number of halogens is 1. The second-order valence-electron chi connectivity index (χ2n) is 7.23. The first kappa shape index (κ1) is 16.8. The van der Waals surface area contributed by atoms with Crippen molar-refractivity contribution in [3.8, 4) is 0 Å². The van der Waals surface area contributed by atoms with Gasteiger partial charge in [0.05, 0.1) is 18.4 Å². The molecule has 0 aromatic heterocycles. The van der Waals surface area contributed by atoms with Crippen LogP contribution in [0.25, 0.3) is 0 Å². The third-order valence-electron chi connectivity index (χ3n) is 5.97. The minimum atomic E-state index is -0.348. The predicted octanol–water partition coefficient (Wildman–Crippen LogP) is 2.32. The number of nitrogens with one attached hydrogen (secondary N) is 2. The van der Waals surface area contributed by atoms with E-state index in [0.717, 1.165) is 23.0 Å². The highest BCUT2D eigenvalue weighted by atomic mass is 79.9. The van der Waals surface area contributed by atoms with E-state index in [2.05, 4.69) is 38.7 Å². The van der Waals surface area contributed by atoms with Crippen LogP contribution in [0.1, 0.15) is 12.8 Å². The minimum absolute atomic E-state index is 0.0883. The van der Waals surface area contributed by atoms with Gasteiger partial charge in [0.15, 0.2) is 0 Å². The summed E-state index contributed by atoms with van der Waals surface area (Å²) in [4.78, 5) is 25.7. The number of aliphatic hydroxyl groups excluding tert-OH is 1. The number of amides is 2. The van der Waals surface area contributed by atoms with Crippen LogP contribution in [0, 0.1) is 29.1 Å². The van der Waals surface area contributed by atoms with Crippen molar-refractivity contribution in [2.45, 2.75) is 12.8 Å². The minimum Gasteiger partial charge on any atom is -0.395 e. The normalized spacial score (nSPS) is 30.5. The molecule has 2 saturated carbocycles. The van der Waals surface area contributed by atoms with Crippen LogP contribution in [0.5, 0.6) is 0 Å². The highest BCUT2D eigenvalue weighted by molar-refractivity contribution is 9.10. The predicted molar refractivity (Wildman–Crippen MR) is 97.6 cm³/mol. The Morgan fingerprint density at radius 2 is 1.68 bits per heavy atom. The van der Waals surface area contributed by atoms with Crippen LogP contribution in [0.3, 0.4) is 0 Å². The van der Waals surface area contributed by atoms with Gasteiger partial charge < -0.3 is 15.7 Å². The number of aliphatic hydroxyl groups is 1. The van der Waals surface area contributed by atoms with Crippen molar-refractivity contribution in [1.82, 2.24) is 5.32 Å². The average Bonchev–Trinajstić information content (AvgIpc) is 3.27. The summed E-state index contributed by atoms with van der Waals surface area (Å²) >= 11 is 3.39. The van der Waals surface area contributed by atoms with Crippen molar-refractivity contribution in [3.63, 3.8) is 0 Å². The number of carbonyl (C=O) groups is 2. The van der Waals surface area contributed by atoms with E-state index in [4.69, 9.17) is 5.11 Å². The Morgan fingerprint density at radius 1 is 1.08 bits per heavy atom. The fourth-order valence-corrected chi connectivity index (χ4v) is 5.03. The van der Waals surface area contributed by atoms with Gasteiger partial charge in [-0.3, -0.25) is 9.59 Å². The summed E-state index contributed by atoms with van der Waals surface area (Å²) < 4.78 is 0.951. The molecule has 4 atom stereocenters. The molecule has 0 aliphatic heterocycles. The first-order chi connectivity index (χ1) is 12.1. The van der Waals surface area contributed by atoms with Crippen molar-refractivity contribution in [2.75, 3.05) is 18.5 Å². The fraction of sp³-hybridized carbons (Fsp3) is 0.474. The Labute approximate surface area is 155 Å². The maximum atomic E-state index is 13.0. The molecule has 25 heavy (non-hydrogen) atoms. The largest absolute Gasteiger partial charge is 0.395 e. The van der Waals surface area contributed by atoms with Gasteiger partial charge in [-0.15, -0.1) is 0 Å². The van der Waals surface area contributed by atoms with Gasteiger partial charge in [0.25, 0.3) is 0 Å². The Bertz CT molecular complexity index is 727. The Kier molecular flexibility index (Phi) is 4.20. The van der Waals surface area contributed by atoms with Crippen molar-refractivity contribution in [1.29, 1.82) is 0 Å². The lowest BCUT2D eigenvalue weighted by Crippen LogP contribution is -2.42. The van der Waals surface area contributed by atoms with E-state index >= 15 is 0 Å². The monoisotopic (exact) mass is 404 g/mol. The third kappa shape index (κ3) is 2.72. The summed E-state index contributed by atoms with van der Waals surface area (Å²) in [7, 11) is 0. The van der Waals surface area contributed by atoms with E-state index < -0.39 is 0 Å². The second kappa shape index (κ2) is 6.25. The van der Waals surface area contributed by atoms with Crippen LogP contribution in [0.4, 0.5) is 5.69 Å². The summed E-state index contributed by atoms with van der Waals surface area (Å²) in [6.45, 7) is 0.133. The summed E-state index contributed by atoms with van der Waals surface area (Å²) in [6, 6.07) is 7.45. The van der Waals surface area contributed by atoms with E-state index in [9.17, 15) is 9.59 Å². The third-order valence-corrected chi connectivity index (χ3v) is 6.50. The molecule has 3 aliphatic carbocycles. The maximum Gasteiger partial charge on any atom is 0.228 e. The Hall–Kier alpha value is -1.66. The van der Waals surface area contributed by atoms with Crippen molar-refractivity contribution in [3.05, 3.63) is 40.9 Å². The molecule has 0 unspecified atom stereocenters. The summed E-state index contributed by atoms with van der Waals surface area (Å²) in [5.41, 5.74) is 0.850. The van der Waals surface area contributed by atoms with Gasteiger partial charge in [-0.25, -0.2) is 0 Å². The van der Waals surface area contributed by atoms with Crippen LogP contribution in [-0.2, 0) is 9.59 Å². The van der Waals surface area contributed by atoms with Gasteiger partial charge in [-0.05, 0) is 54.4 Å². The fourth-order valence-electron chi connectivity index (χ4n) is 4.77. The lowest BCUT2D eigenvalue weighted by Gasteiger charge is -2.26. The Balaban J connectivity index is 1.57. The Morgan fingerprint density at radius 3 is 2.24 bits per heavy atom. The lowest BCUT2D eigenvalue weighted by atomic mass is 9.81. The summed E-state index contributed by atoms with van der Waals surface area (Å²) in [6.07, 6.45) is 6.44. The van der Waals surface area contributed by atoms with Gasteiger partial charge in [-0.2, -0.15) is 0 Å². The lowest BCUT2D eigenvalue weighted by molar-refractivity contribution is -0.133. The zero-order valence-corrected chi connectivity index (χ0v) is 15.3. The van der Waals surface area contributed by atoms with Gasteiger partial charge in [-0.1, -0.05) is 28.1 Å². The van der Waals surface area contributed by atoms with Gasteiger partial charge in [0.1, 0.15) is 0 Å². The zero-order valence-electron chi connectivity index (χ0n) is 13.7. The number of hydrogen-bond acceptors (Lipinski definition) is 3. The van der Waals surface area contributed by atoms with E-state index in [1.54, 1.807) is 0 Å². The molecule has 6 heteroatoms. The highest BCUT2D eigenvalue weighted by Gasteiger charge is 2.69. The van der Waals surface area contributed by atoms with Crippen molar-refractivity contribution >= 4 is 33.4 Å². The van der Waals surface area contributed by atoms with E-state index in [1.807, 2.05) is 24.3 Å². The van der Waals surface area contributed by atoms with Crippen molar-refractivity contribution in [2.24, 2.45) is 29.1 Å². The average molecular weight is 405 g/mol. The highest BCUT2D eigenvalue weighted by Crippen LogP contribution is 2.72. The molecule has 3 aliphatic rings. The number of carbonyl (C=O) groups excluding carboxylic acids is 2. The molecule has 1 aromatic rings. The molecule has 1 spiro atoms. The van der Waals surface area contributed by atoms with Crippen LogP contribution < -0.4 is 10.6 Å². The standard InChI is InChI=1S/C19H21BrN2O3/c20-11-1-3-12(4-2-11)22-18(25)16-14-6-5-13(19(14)7-8-19)15(16)17(24)21-9-10-23/h1-6,13-16,23H,7-10H2,(H,21,24)(H,22,25)/t13-,14+,15-,16-/m1/s1. The number of benzene rings is 1. The molecule has 0 heterocycles. The molecule has 1 aromatic carbocycles. The van der Waals surface area contributed by atoms with Crippen LogP contribution in [0.15, 0.2) is 40.9 Å². The SMILES string of the molecule is O=C(NCCO)[C@H]1[C@H](C(=O)Nc2ccc(Br)cc2)[C@@H]2C=C[C@H]1C21CC1. The smallest absolute Gasteiger partial charge is 0.228 e. The molecule has 4 rings (SSSR count). The molecule has 0 radical (unpaired) electrons. The van der Waals surface area contributed by atoms with E-state index in [0.29, 0.717) is 0 Å². The molecule has 2 amide bonds. The summed E-state index contributed by atoms with van der Waals surface area (Å²) in [5.74, 6) is -0.628. The molecule has 132 valence electrons. The van der Waals surface area contributed by atoms with E-state index in [-0.39, 0.29) is 54.1 Å². The number of hydrogen-bond donors (Lipinski definition) is 3. The zero-order chi connectivity index (χ0) is 17.6. The number of rotatable bonds is 5. The van der Waals surface area contributed by atoms with Gasteiger partial charge >= 0.3 is 0 Å². The first-order valence-corrected chi connectivity index (χ1v) is 9.49. The first-order valence-electron chi connectivity index (χ1n) is 8.70. The topological polar surface area (TPSA) is 78.4 Å². The number of anilines is 1. The van der Waals surface area contributed by atoms with Gasteiger partial charge in [0, 0.05) is 16.7 Å². The molecule has 0 saturated heterocycles. The second-order valence-corrected chi connectivity index (χ2v) is 8.15. The van der Waals surface area contributed by atoms with Crippen LogP contribution in [0.2, 0.25) is 0 Å². The number of allylic oxidation sites excluding steroid dienone is 2. The quantitative estimate of drug-likeness (QED) is 0.658. The molecule has 5 nitrogen and oxygen atoms in total. The van der Waals surface area contributed by atoms with Gasteiger partial charge in [0.2, 0.25) is 11.8 Å². The van der Waals surface area contributed by atoms with Crippen LogP contribution in [-0.4, -0.2) is 30.1 Å². The molecule has 2 bridgehead atoms. The van der Waals surface area contributed by atoms with Crippen molar-refractivity contribution < 1.29 is 14.7 Å². The maximum absolute atomic E-state index is 13.0.